The molecule has 3 nitrogen and oxygen atoms in total. The van der Waals surface area contributed by atoms with E-state index in [9.17, 15) is 0 Å². The summed E-state index contributed by atoms with van der Waals surface area (Å²) in [6.45, 7) is 9.38. The molecule has 1 saturated heterocycles. The average Bonchev–Trinajstić information content (AvgIpc) is 2.89. The minimum Gasteiger partial charge on any atom is -0.369 e. The predicted molar refractivity (Wildman–Crippen MR) is 57.2 cm³/mol. The average molecular weight is 214 g/mol. The van der Waals surface area contributed by atoms with Crippen molar-refractivity contribution >= 4 is 0 Å². The number of hydrogen-bond acceptors (Lipinski definition) is 3. The van der Waals surface area contributed by atoms with Gasteiger partial charge in [0.25, 0.3) is 5.79 Å². The summed E-state index contributed by atoms with van der Waals surface area (Å²) in [5, 5.41) is 0. The Labute approximate surface area is 92.0 Å². The van der Waals surface area contributed by atoms with Crippen molar-refractivity contribution in [3.63, 3.8) is 0 Å². The van der Waals surface area contributed by atoms with Gasteiger partial charge in [-0.25, -0.2) is 0 Å². The maximum absolute atomic E-state index is 6.06. The van der Waals surface area contributed by atoms with Crippen molar-refractivity contribution in [2.75, 3.05) is 6.61 Å². The molecule has 3 heteroatoms. The standard InChI is InChI=1S/C12H22O3/c1-5-13-11(10(2,3)4)8-6-7-9-12(11)14-15-12/h5-9H2,1-4H3. The molecule has 1 saturated carbocycles. The second kappa shape index (κ2) is 3.44. The molecule has 0 radical (unpaired) electrons. The molecule has 0 aromatic carbocycles. The highest BCUT2D eigenvalue weighted by Crippen LogP contribution is 2.58. The molecule has 2 aliphatic rings. The highest BCUT2D eigenvalue weighted by atomic mass is 17.4. The summed E-state index contributed by atoms with van der Waals surface area (Å²) in [6.07, 6.45) is 4.37. The third kappa shape index (κ3) is 1.52. The van der Waals surface area contributed by atoms with E-state index in [0.29, 0.717) is 6.61 Å². The molecule has 0 bridgehead atoms. The summed E-state index contributed by atoms with van der Waals surface area (Å²) in [6, 6.07) is 0. The molecule has 15 heavy (non-hydrogen) atoms. The first-order valence-electron chi connectivity index (χ1n) is 5.98. The lowest BCUT2D eigenvalue weighted by Crippen LogP contribution is -2.58. The van der Waals surface area contributed by atoms with E-state index in [0.717, 1.165) is 12.8 Å². The fourth-order valence-electron chi connectivity index (χ4n) is 2.98. The highest BCUT2D eigenvalue weighted by molar-refractivity contribution is 5.08. The SMILES string of the molecule is CCOC1(C(C)(C)C)CCCCC12OO2. The van der Waals surface area contributed by atoms with Crippen molar-refractivity contribution in [2.24, 2.45) is 5.41 Å². The molecule has 1 heterocycles. The lowest BCUT2D eigenvalue weighted by Gasteiger charge is -2.48. The molecule has 1 unspecified atom stereocenters. The smallest absolute Gasteiger partial charge is 0.263 e. The van der Waals surface area contributed by atoms with Gasteiger partial charge in [-0.1, -0.05) is 27.2 Å². The van der Waals surface area contributed by atoms with E-state index in [1.54, 1.807) is 0 Å². The Balaban J connectivity index is 2.31. The van der Waals surface area contributed by atoms with Crippen LogP contribution in [0, 0.1) is 5.41 Å². The number of hydrogen-bond donors (Lipinski definition) is 0. The molecular formula is C12H22O3. The van der Waals surface area contributed by atoms with E-state index in [2.05, 4.69) is 20.8 Å². The van der Waals surface area contributed by atoms with Crippen molar-refractivity contribution in [3.8, 4) is 0 Å². The molecule has 1 atom stereocenters. The Hall–Kier alpha value is -0.120. The first kappa shape index (κ1) is 11.4. The molecule has 0 amide bonds. The molecule has 0 aromatic heterocycles. The van der Waals surface area contributed by atoms with Crippen LogP contribution in [0.25, 0.3) is 0 Å². The van der Waals surface area contributed by atoms with Crippen LogP contribution in [0.1, 0.15) is 53.4 Å². The van der Waals surface area contributed by atoms with Crippen LogP contribution in [0.2, 0.25) is 0 Å². The molecule has 2 rings (SSSR count). The van der Waals surface area contributed by atoms with Crippen LogP contribution in [0.3, 0.4) is 0 Å². The van der Waals surface area contributed by atoms with Crippen LogP contribution in [0.4, 0.5) is 0 Å². The summed E-state index contributed by atoms with van der Waals surface area (Å²) in [4.78, 5) is 10.6. The van der Waals surface area contributed by atoms with Gasteiger partial charge in [-0.15, -0.1) is 0 Å². The lowest BCUT2D eigenvalue weighted by atomic mass is 9.65. The fraction of sp³-hybridized carbons (Fsp3) is 1.00. The highest BCUT2D eigenvalue weighted by Gasteiger charge is 2.71. The van der Waals surface area contributed by atoms with Crippen LogP contribution in [-0.2, 0) is 14.5 Å². The van der Waals surface area contributed by atoms with Crippen LogP contribution in [0.5, 0.6) is 0 Å². The molecule has 1 aliphatic heterocycles. The van der Waals surface area contributed by atoms with Gasteiger partial charge in [0.1, 0.15) is 5.60 Å². The van der Waals surface area contributed by atoms with Gasteiger partial charge in [0.15, 0.2) is 0 Å². The van der Waals surface area contributed by atoms with E-state index < -0.39 is 5.79 Å². The third-order valence-corrected chi connectivity index (χ3v) is 3.79. The van der Waals surface area contributed by atoms with Gasteiger partial charge in [0, 0.05) is 13.0 Å². The summed E-state index contributed by atoms with van der Waals surface area (Å²) < 4.78 is 6.06. The third-order valence-electron chi connectivity index (χ3n) is 3.79. The van der Waals surface area contributed by atoms with Crippen molar-refractivity contribution in [2.45, 2.75) is 64.8 Å². The molecule has 1 spiro atoms. The summed E-state index contributed by atoms with van der Waals surface area (Å²) in [5.41, 5.74) is -0.229. The lowest BCUT2D eigenvalue weighted by molar-refractivity contribution is -0.184. The second-order valence-electron chi connectivity index (χ2n) is 5.64. The van der Waals surface area contributed by atoms with E-state index in [-0.39, 0.29) is 11.0 Å². The first-order chi connectivity index (χ1) is 6.97. The van der Waals surface area contributed by atoms with Gasteiger partial charge in [-0.2, -0.15) is 9.78 Å². The normalized spacial score (nSPS) is 34.4. The van der Waals surface area contributed by atoms with Crippen LogP contribution in [-0.4, -0.2) is 18.0 Å². The van der Waals surface area contributed by atoms with Gasteiger partial charge in [-0.05, 0) is 25.2 Å². The van der Waals surface area contributed by atoms with Gasteiger partial charge in [-0.3, -0.25) is 0 Å². The number of ether oxygens (including phenoxy) is 1. The quantitative estimate of drug-likeness (QED) is 0.523. The Morgan fingerprint density at radius 2 is 1.73 bits per heavy atom. The molecular weight excluding hydrogens is 192 g/mol. The van der Waals surface area contributed by atoms with Gasteiger partial charge in [0.2, 0.25) is 0 Å². The number of rotatable bonds is 2. The first-order valence-corrected chi connectivity index (χ1v) is 5.98. The summed E-state index contributed by atoms with van der Waals surface area (Å²) >= 11 is 0. The topological polar surface area (TPSA) is 34.3 Å². The van der Waals surface area contributed by atoms with Crippen LogP contribution >= 0.6 is 0 Å². The largest absolute Gasteiger partial charge is 0.369 e. The summed E-state index contributed by atoms with van der Waals surface area (Å²) in [5.74, 6) is -0.445. The van der Waals surface area contributed by atoms with Gasteiger partial charge in [0.05, 0.1) is 0 Å². The van der Waals surface area contributed by atoms with Crippen molar-refractivity contribution in [1.82, 2.24) is 0 Å². The molecule has 0 N–H and O–H groups in total. The van der Waals surface area contributed by atoms with Crippen molar-refractivity contribution in [3.05, 3.63) is 0 Å². The van der Waals surface area contributed by atoms with E-state index in [1.165, 1.54) is 12.8 Å². The Bertz CT molecular complexity index is 236. The van der Waals surface area contributed by atoms with Crippen LogP contribution in [0.15, 0.2) is 0 Å². The minimum atomic E-state index is -0.445. The molecule has 2 fully saturated rings. The van der Waals surface area contributed by atoms with Crippen LogP contribution < -0.4 is 0 Å². The maximum atomic E-state index is 6.06. The molecule has 0 aromatic rings. The van der Waals surface area contributed by atoms with Gasteiger partial charge < -0.3 is 4.74 Å². The van der Waals surface area contributed by atoms with Crippen molar-refractivity contribution in [1.29, 1.82) is 0 Å². The van der Waals surface area contributed by atoms with E-state index in [4.69, 9.17) is 14.5 Å². The Morgan fingerprint density at radius 3 is 2.20 bits per heavy atom. The Kier molecular flexibility index (Phi) is 2.61. The van der Waals surface area contributed by atoms with Crippen molar-refractivity contribution < 1.29 is 14.5 Å². The fourth-order valence-corrected chi connectivity index (χ4v) is 2.98. The maximum Gasteiger partial charge on any atom is 0.263 e. The second-order valence-corrected chi connectivity index (χ2v) is 5.64. The predicted octanol–water partition coefficient (Wildman–Crippen LogP) is 3.04. The zero-order chi connectivity index (χ0) is 11.2. The van der Waals surface area contributed by atoms with E-state index in [1.807, 2.05) is 6.92 Å². The van der Waals surface area contributed by atoms with Gasteiger partial charge >= 0.3 is 0 Å². The van der Waals surface area contributed by atoms with E-state index >= 15 is 0 Å². The zero-order valence-electron chi connectivity index (χ0n) is 10.3. The minimum absolute atomic E-state index is 0.0416. The molecule has 1 aliphatic carbocycles. The zero-order valence-corrected chi connectivity index (χ0v) is 10.3. The molecule has 88 valence electrons. The monoisotopic (exact) mass is 214 g/mol. The summed E-state index contributed by atoms with van der Waals surface area (Å²) in [7, 11) is 0. The Morgan fingerprint density at radius 1 is 1.13 bits per heavy atom.